The van der Waals surface area contributed by atoms with Gasteiger partial charge in [-0.3, -0.25) is 10.1 Å². The van der Waals surface area contributed by atoms with Crippen LogP contribution in [-0.4, -0.2) is 16.5 Å². The Labute approximate surface area is 105 Å². The molecule has 0 unspecified atom stereocenters. The second-order valence-corrected chi connectivity index (χ2v) is 4.45. The Morgan fingerprint density at radius 2 is 2.33 bits per heavy atom. The molecule has 1 aromatic rings. The zero-order chi connectivity index (χ0) is 13.0. The lowest BCUT2D eigenvalue weighted by Gasteiger charge is -2.05. The van der Waals surface area contributed by atoms with Crippen molar-refractivity contribution >= 4 is 11.5 Å². The van der Waals surface area contributed by atoms with Gasteiger partial charge in [0.25, 0.3) is 0 Å². The van der Waals surface area contributed by atoms with E-state index in [9.17, 15) is 10.1 Å². The van der Waals surface area contributed by atoms with Gasteiger partial charge in [0.1, 0.15) is 11.9 Å². The third-order valence-corrected chi connectivity index (χ3v) is 2.97. The summed E-state index contributed by atoms with van der Waals surface area (Å²) in [6.45, 7) is 0.784. The molecule has 1 N–H and O–H groups in total. The van der Waals surface area contributed by atoms with Crippen molar-refractivity contribution in [3.63, 3.8) is 0 Å². The molecule has 1 aliphatic rings. The number of rotatable bonds is 6. The number of anilines is 1. The van der Waals surface area contributed by atoms with E-state index in [2.05, 4.69) is 10.3 Å². The van der Waals surface area contributed by atoms with Crippen molar-refractivity contribution in [2.24, 2.45) is 5.92 Å². The molecule has 0 bridgehead atoms. The Bertz CT molecular complexity index is 491. The van der Waals surface area contributed by atoms with Gasteiger partial charge in [-0.25, -0.2) is 4.98 Å². The highest BCUT2D eigenvalue weighted by molar-refractivity contribution is 5.50. The van der Waals surface area contributed by atoms with Crippen LogP contribution in [0.3, 0.4) is 0 Å². The second kappa shape index (κ2) is 5.45. The van der Waals surface area contributed by atoms with Crippen molar-refractivity contribution in [2.75, 3.05) is 11.9 Å². The highest BCUT2D eigenvalue weighted by Gasteiger charge is 2.20. The van der Waals surface area contributed by atoms with E-state index < -0.39 is 4.92 Å². The minimum atomic E-state index is -0.595. The monoisotopic (exact) mass is 246 g/mol. The third-order valence-electron chi connectivity index (χ3n) is 2.97. The predicted octanol–water partition coefficient (Wildman–Crippen LogP) is 2.46. The first-order valence-corrected chi connectivity index (χ1v) is 6.00. The maximum Gasteiger partial charge on any atom is 0.305 e. The predicted molar refractivity (Wildman–Crippen MR) is 66.1 cm³/mol. The van der Waals surface area contributed by atoms with Crippen molar-refractivity contribution in [3.8, 4) is 6.07 Å². The summed E-state index contributed by atoms with van der Waals surface area (Å²) in [6.07, 6.45) is 4.96. The van der Waals surface area contributed by atoms with Gasteiger partial charge in [-0.1, -0.05) is 12.8 Å². The summed E-state index contributed by atoms with van der Waals surface area (Å²) >= 11 is 0. The summed E-state index contributed by atoms with van der Waals surface area (Å²) in [5.74, 6) is 1.42. The van der Waals surface area contributed by atoms with Crippen LogP contribution < -0.4 is 5.32 Å². The van der Waals surface area contributed by atoms with E-state index in [1.807, 2.05) is 0 Å². The molecule has 0 radical (unpaired) electrons. The molecule has 1 fully saturated rings. The smallest absolute Gasteiger partial charge is 0.305 e. The van der Waals surface area contributed by atoms with E-state index in [0.29, 0.717) is 5.82 Å². The molecule has 1 aliphatic carbocycles. The lowest BCUT2D eigenvalue weighted by Crippen LogP contribution is -2.05. The van der Waals surface area contributed by atoms with Crippen LogP contribution in [-0.2, 0) is 0 Å². The van der Waals surface area contributed by atoms with E-state index in [1.165, 1.54) is 31.4 Å². The summed E-state index contributed by atoms with van der Waals surface area (Å²) in [7, 11) is 0. The van der Waals surface area contributed by atoms with Crippen LogP contribution in [0.25, 0.3) is 0 Å². The Hall–Kier alpha value is -2.16. The fourth-order valence-corrected chi connectivity index (χ4v) is 1.79. The van der Waals surface area contributed by atoms with Crippen LogP contribution in [0.2, 0.25) is 0 Å². The fraction of sp³-hybridized carbons (Fsp3) is 0.500. The molecule has 94 valence electrons. The average molecular weight is 246 g/mol. The Morgan fingerprint density at radius 3 is 2.94 bits per heavy atom. The Kier molecular flexibility index (Phi) is 3.72. The summed E-state index contributed by atoms with van der Waals surface area (Å²) in [4.78, 5) is 14.0. The van der Waals surface area contributed by atoms with E-state index in [1.54, 1.807) is 6.07 Å². The SMILES string of the molecule is N#Cc1nc(NCCCC2CC2)ccc1[N+](=O)[O-]. The zero-order valence-electron chi connectivity index (χ0n) is 9.93. The number of nitrogens with one attached hydrogen (secondary N) is 1. The molecule has 6 nitrogen and oxygen atoms in total. The quantitative estimate of drug-likeness (QED) is 0.473. The summed E-state index contributed by atoms with van der Waals surface area (Å²) in [6, 6.07) is 4.60. The highest BCUT2D eigenvalue weighted by Crippen LogP contribution is 2.33. The van der Waals surface area contributed by atoms with Crippen LogP contribution >= 0.6 is 0 Å². The van der Waals surface area contributed by atoms with Gasteiger partial charge < -0.3 is 5.32 Å². The first-order chi connectivity index (χ1) is 8.70. The van der Waals surface area contributed by atoms with Crippen LogP contribution in [0.1, 0.15) is 31.4 Å². The Morgan fingerprint density at radius 1 is 1.56 bits per heavy atom. The molecule has 0 saturated heterocycles. The third kappa shape index (κ3) is 3.17. The fourth-order valence-electron chi connectivity index (χ4n) is 1.79. The van der Waals surface area contributed by atoms with Gasteiger partial charge in [0.05, 0.1) is 4.92 Å². The number of nitrogens with zero attached hydrogens (tertiary/aromatic N) is 3. The van der Waals surface area contributed by atoms with E-state index in [0.717, 1.165) is 18.9 Å². The first kappa shape index (κ1) is 12.3. The largest absolute Gasteiger partial charge is 0.370 e. The molecule has 0 atom stereocenters. The molecule has 1 saturated carbocycles. The number of hydrogen-bond acceptors (Lipinski definition) is 5. The van der Waals surface area contributed by atoms with Crippen molar-refractivity contribution in [1.29, 1.82) is 5.26 Å². The standard InChI is InChI=1S/C12H14N4O2/c13-8-10-11(16(17)18)5-6-12(15-10)14-7-1-2-9-3-4-9/h5-6,9H,1-4,7H2,(H,14,15). The van der Waals surface area contributed by atoms with Gasteiger partial charge in [-0.05, 0) is 24.8 Å². The van der Waals surface area contributed by atoms with E-state index in [-0.39, 0.29) is 11.4 Å². The first-order valence-electron chi connectivity index (χ1n) is 6.00. The van der Waals surface area contributed by atoms with Crippen molar-refractivity contribution in [2.45, 2.75) is 25.7 Å². The zero-order valence-corrected chi connectivity index (χ0v) is 9.93. The highest BCUT2D eigenvalue weighted by atomic mass is 16.6. The molecule has 1 heterocycles. The van der Waals surface area contributed by atoms with Crippen LogP contribution in [0, 0.1) is 27.4 Å². The molecular weight excluding hydrogens is 232 g/mol. The van der Waals surface area contributed by atoms with Gasteiger partial charge in [0.2, 0.25) is 5.69 Å². The number of hydrogen-bond donors (Lipinski definition) is 1. The van der Waals surface area contributed by atoms with Gasteiger partial charge in [0, 0.05) is 12.6 Å². The van der Waals surface area contributed by atoms with Crippen molar-refractivity contribution in [3.05, 3.63) is 27.9 Å². The number of nitriles is 1. The molecule has 0 aliphatic heterocycles. The maximum atomic E-state index is 10.6. The normalized spacial score (nSPS) is 13.9. The van der Waals surface area contributed by atoms with E-state index in [4.69, 9.17) is 5.26 Å². The molecule has 2 rings (SSSR count). The van der Waals surface area contributed by atoms with Crippen molar-refractivity contribution in [1.82, 2.24) is 4.98 Å². The van der Waals surface area contributed by atoms with Gasteiger partial charge in [-0.2, -0.15) is 5.26 Å². The number of nitro groups is 1. The minimum absolute atomic E-state index is 0.146. The topological polar surface area (TPSA) is 91.8 Å². The minimum Gasteiger partial charge on any atom is -0.370 e. The second-order valence-electron chi connectivity index (χ2n) is 4.45. The number of pyridine rings is 1. The van der Waals surface area contributed by atoms with Gasteiger partial charge >= 0.3 is 5.69 Å². The van der Waals surface area contributed by atoms with Gasteiger partial charge in [0.15, 0.2) is 0 Å². The van der Waals surface area contributed by atoms with E-state index >= 15 is 0 Å². The molecular formula is C12H14N4O2. The molecule has 0 spiro atoms. The van der Waals surface area contributed by atoms with Crippen LogP contribution in [0.5, 0.6) is 0 Å². The lowest BCUT2D eigenvalue weighted by molar-refractivity contribution is -0.385. The molecule has 1 aromatic heterocycles. The van der Waals surface area contributed by atoms with Crippen molar-refractivity contribution < 1.29 is 4.92 Å². The van der Waals surface area contributed by atoms with Crippen LogP contribution in [0.4, 0.5) is 11.5 Å². The summed E-state index contributed by atoms with van der Waals surface area (Å²) < 4.78 is 0. The molecule has 0 amide bonds. The molecule has 18 heavy (non-hydrogen) atoms. The Balaban J connectivity index is 1.92. The lowest BCUT2D eigenvalue weighted by atomic mass is 10.2. The van der Waals surface area contributed by atoms with Crippen LogP contribution in [0.15, 0.2) is 12.1 Å². The molecule has 6 heteroatoms. The number of aromatic nitrogens is 1. The summed E-state index contributed by atoms with van der Waals surface area (Å²) in [5.41, 5.74) is -0.395. The van der Waals surface area contributed by atoms with Gasteiger partial charge in [-0.15, -0.1) is 0 Å². The molecule has 0 aromatic carbocycles. The average Bonchev–Trinajstić information content (AvgIpc) is 3.18. The summed E-state index contributed by atoms with van der Waals surface area (Å²) in [5, 5.41) is 22.5. The maximum absolute atomic E-state index is 10.6.